The van der Waals surface area contributed by atoms with Gasteiger partial charge in [-0.25, -0.2) is 0 Å². The van der Waals surface area contributed by atoms with E-state index in [-0.39, 0.29) is 17.8 Å². The molecule has 2 rings (SSSR count). The van der Waals surface area contributed by atoms with Gasteiger partial charge in [0.05, 0.1) is 11.0 Å². The topological polar surface area (TPSA) is 162 Å². The normalized spacial score (nSPS) is 13.5. The lowest BCUT2D eigenvalue weighted by Crippen LogP contribution is -2.56. The number of hydrogen-bond acceptors (Lipinski definition) is 6. The second kappa shape index (κ2) is 10.3. The van der Waals surface area contributed by atoms with Crippen LogP contribution in [0.2, 0.25) is 0 Å². The van der Waals surface area contributed by atoms with Gasteiger partial charge in [-0.1, -0.05) is 30.3 Å². The molecule has 0 unspecified atom stereocenters. The van der Waals surface area contributed by atoms with Gasteiger partial charge in [-0.2, -0.15) is 0 Å². The minimum absolute atomic E-state index is 0.118. The molecule has 0 saturated carbocycles. The zero-order valence-electron chi connectivity index (χ0n) is 17.2. The predicted octanol–water partition coefficient (Wildman–Crippen LogP) is 0.876. The van der Waals surface area contributed by atoms with Crippen molar-refractivity contribution in [3.05, 3.63) is 70.3 Å². The number of nitro benzene ring substituents is 1. The predicted molar refractivity (Wildman–Crippen MR) is 115 cm³/mol. The van der Waals surface area contributed by atoms with E-state index in [0.717, 1.165) is 10.5 Å². The molecular formula is C21H25N5O5. The zero-order valence-corrected chi connectivity index (χ0v) is 17.2. The van der Waals surface area contributed by atoms with Crippen molar-refractivity contribution in [3.63, 3.8) is 0 Å². The summed E-state index contributed by atoms with van der Waals surface area (Å²) in [5.41, 5.74) is 12.0. The highest BCUT2D eigenvalue weighted by Gasteiger charge is 2.33. The Morgan fingerprint density at radius 1 is 1.06 bits per heavy atom. The molecule has 0 radical (unpaired) electrons. The lowest BCUT2D eigenvalue weighted by Gasteiger charge is -2.32. The van der Waals surface area contributed by atoms with Crippen LogP contribution in [0.15, 0.2) is 54.6 Å². The van der Waals surface area contributed by atoms with E-state index in [1.54, 1.807) is 24.3 Å². The number of non-ortho nitro benzene ring substituents is 1. The van der Waals surface area contributed by atoms with Crippen LogP contribution >= 0.6 is 0 Å². The lowest BCUT2D eigenvalue weighted by atomic mass is 10.0. The molecular weight excluding hydrogens is 402 g/mol. The van der Waals surface area contributed by atoms with Gasteiger partial charge in [-0.3, -0.25) is 29.4 Å². The number of benzene rings is 2. The Hall–Kier alpha value is -3.79. The summed E-state index contributed by atoms with van der Waals surface area (Å²) in [7, 11) is 0. The maximum atomic E-state index is 13.3. The lowest BCUT2D eigenvalue weighted by molar-refractivity contribution is -0.384. The van der Waals surface area contributed by atoms with Gasteiger partial charge in [-0.05, 0) is 31.5 Å². The molecule has 10 heteroatoms. The smallest absolute Gasteiger partial charge is 0.269 e. The van der Waals surface area contributed by atoms with E-state index >= 15 is 0 Å². The monoisotopic (exact) mass is 427 g/mol. The molecule has 0 aliphatic heterocycles. The van der Waals surface area contributed by atoms with Crippen LogP contribution in [0.5, 0.6) is 0 Å². The molecule has 0 spiro atoms. The highest BCUT2D eigenvalue weighted by molar-refractivity contribution is 6.04. The molecule has 0 bridgehead atoms. The quantitative estimate of drug-likeness (QED) is 0.397. The van der Waals surface area contributed by atoms with Crippen molar-refractivity contribution in [2.24, 2.45) is 11.5 Å². The Bertz CT molecular complexity index is 946. The number of amides is 3. The van der Waals surface area contributed by atoms with Crippen molar-refractivity contribution >= 4 is 29.1 Å². The maximum Gasteiger partial charge on any atom is 0.269 e. The number of anilines is 1. The number of nitro groups is 1. The molecule has 5 N–H and O–H groups in total. The number of nitrogens with one attached hydrogen (secondary N) is 1. The molecule has 2 aromatic rings. The van der Waals surface area contributed by atoms with Crippen molar-refractivity contribution < 1.29 is 19.3 Å². The van der Waals surface area contributed by atoms with Crippen LogP contribution in [0.25, 0.3) is 0 Å². The fraction of sp³-hybridized carbons (Fsp3) is 0.286. The second-order valence-electron chi connectivity index (χ2n) is 7.11. The Morgan fingerprint density at radius 3 is 2.13 bits per heavy atom. The number of nitrogens with two attached hydrogens (primary N) is 2. The Balaban J connectivity index is 2.46. The Labute approximate surface area is 179 Å². The summed E-state index contributed by atoms with van der Waals surface area (Å²) in [4.78, 5) is 49.2. The summed E-state index contributed by atoms with van der Waals surface area (Å²) in [6.07, 6.45) is 0.118. The Kier molecular flexibility index (Phi) is 7.81. The van der Waals surface area contributed by atoms with E-state index in [9.17, 15) is 24.5 Å². The minimum atomic E-state index is -1.09. The standard InChI is InChI=1S/C21H25N5O5/c1-13(22)20(28)24-14(2)21(29)25(16-8-10-17(11-9-16)26(30)31)18(19(23)27)12-15-6-4-3-5-7-15/h3-11,13-14,18H,12,22H2,1-2H3,(H2,23,27)(H,24,28)/t13-,14-,18-/m0/s1. The third kappa shape index (κ3) is 6.09. The van der Waals surface area contributed by atoms with Crippen LogP contribution in [0.3, 0.4) is 0 Å². The largest absolute Gasteiger partial charge is 0.368 e. The van der Waals surface area contributed by atoms with E-state index in [4.69, 9.17) is 11.5 Å². The molecule has 0 saturated heterocycles. The van der Waals surface area contributed by atoms with Gasteiger partial charge in [0.2, 0.25) is 17.7 Å². The number of carbonyl (C=O) groups is 3. The van der Waals surface area contributed by atoms with E-state index in [1.165, 1.54) is 38.1 Å². The van der Waals surface area contributed by atoms with E-state index in [0.29, 0.717) is 0 Å². The number of hydrogen-bond donors (Lipinski definition) is 3. The summed E-state index contributed by atoms with van der Waals surface area (Å²) >= 11 is 0. The van der Waals surface area contributed by atoms with Crippen LogP contribution in [0, 0.1) is 10.1 Å². The first-order valence-electron chi connectivity index (χ1n) is 9.58. The molecule has 164 valence electrons. The van der Waals surface area contributed by atoms with Gasteiger partial charge in [0.25, 0.3) is 5.69 Å². The summed E-state index contributed by atoms with van der Waals surface area (Å²) in [6, 6.07) is 11.2. The summed E-state index contributed by atoms with van der Waals surface area (Å²) < 4.78 is 0. The van der Waals surface area contributed by atoms with E-state index in [2.05, 4.69) is 5.32 Å². The molecule has 31 heavy (non-hydrogen) atoms. The van der Waals surface area contributed by atoms with Crippen LogP contribution < -0.4 is 21.7 Å². The highest BCUT2D eigenvalue weighted by atomic mass is 16.6. The average molecular weight is 427 g/mol. The highest BCUT2D eigenvalue weighted by Crippen LogP contribution is 2.24. The molecule has 3 amide bonds. The van der Waals surface area contributed by atoms with Crippen molar-refractivity contribution in [3.8, 4) is 0 Å². The van der Waals surface area contributed by atoms with E-state index < -0.39 is 40.8 Å². The van der Waals surface area contributed by atoms with Gasteiger partial charge >= 0.3 is 0 Å². The summed E-state index contributed by atoms with van der Waals surface area (Å²) in [5, 5.41) is 13.5. The van der Waals surface area contributed by atoms with Crippen molar-refractivity contribution in [1.82, 2.24) is 5.32 Å². The van der Waals surface area contributed by atoms with Gasteiger partial charge < -0.3 is 16.8 Å². The van der Waals surface area contributed by atoms with Gasteiger partial charge in [0, 0.05) is 24.2 Å². The van der Waals surface area contributed by atoms with Crippen molar-refractivity contribution in [1.29, 1.82) is 0 Å². The molecule has 0 fully saturated rings. The van der Waals surface area contributed by atoms with Crippen LogP contribution in [0.1, 0.15) is 19.4 Å². The third-order valence-corrected chi connectivity index (χ3v) is 4.63. The molecule has 2 aromatic carbocycles. The second-order valence-corrected chi connectivity index (χ2v) is 7.11. The van der Waals surface area contributed by atoms with Crippen LogP contribution in [0.4, 0.5) is 11.4 Å². The number of nitrogens with zero attached hydrogens (tertiary/aromatic N) is 2. The fourth-order valence-electron chi connectivity index (χ4n) is 2.97. The first-order chi connectivity index (χ1) is 14.6. The van der Waals surface area contributed by atoms with Gasteiger partial charge in [0.15, 0.2) is 0 Å². The summed E-state index contributed by atoms with van der Waals surface area (Å²) in [5.74, 6) is -1.91. The molecule has 0 aromatic heterocycles. The third-order valence-electron chi connectivity index (χ3n) is 4.63. The molecule has 0 aliphatic carbocycles. The van der Waals surface area contributed by atoms with Crippen molar-refractivity contribution in [2.45, 2.75) is 38.4 Å². The molecule has 10 nitrogen and oxygen atoms in total. The number of rotatable bonds is 9. The molecule has 0 aliphatic rings. The Morgan fingerprint density at radius 2 is 1.65 bits per heavy atom. The van der Waals surface area contributed by atoms with Crippen LogP contribution in [-0.4, -0.2) is 40.8 Å². The first kappa shape index (κ1) is 23.5. The zero-order chi connectivity index (χ0) is 23.1. The van der Waals surface area contributed by atoms with Crippen molar-refractivity contribution in [2.75, 3.05) is 4.90 Å². The molecule has 3 atom stereocenters. The van der Waals surface area contributed by atoms with Crippen LogP contribution in [-0.2, 0) is 20.8 Å². The summed E-state index contributed by atoms with van der Waals surface area (Å²) in [6.45, 7) is 2.93. The number of carbonyl (C=O) groups excluding carboxylic acids is 3. The number of primary amides is 1. The minimum Gasteiger partial charge on any atom is -0.368 e. The average Bonchev–Trinajstić information content (AvgIpc) is 2.73. The maximum absolute atomic E-state index is 13.3. The van der Waals surface area contributed by atoms with Gasteiger partial charge in [-0.15, -0.1) is 0 Å². The van der Waals surface area contributed by atoms with Gasteiger partial charge in [0.1, 0.15) is 12.1 Å². The fourth-order valence-corrected chi connectivity index (χ4v) is 2.97. The SMILES string of the molecule is C[C@H](N)C(=O)N[C@@H](C)C(=O)N(c1ccc([N+](=O)[O-])cc1)[C@@H](Cc1ccccc1)C(N)=O. The first-order valence-corrected chi connectivity index (χ1v) is 9.58. The van der Waals surface area contributed by atoms with E-state index in [1.807, 2.05) is 6.07 Å². The molecule has 0 heterocycles.